The topological polar surface area (TPSA) is 69.6 Å². The van der Waals surface area contributed by atoms with E-state index >= 15 is 0 Å². The maximum absolute atomic E-state index is 12.1. The van der Waals surface area contributed by atoms with Gasteiger partial charge in [0.15, 0.2) is 0 Å². The monoisotopic (exact) mass is 250 g/mol. The fourth-order valence-electron chi connectivity index (χ4n) is 2.21. The second-order valence-electron chi connectivity index (χ2n) is 4.47. The third kappa shape index (κ3) is 2.76. The number of carbonyl (C=O) groups is 1. The van der Waals surface area contributed by atoms with Gasteiger partial charge >= 0.3 is 0 Å². The van der Waals surface area contributed by atoms with E-state index in [1.165, 1.54) is 0 Å². The van der Waals surface area contributed by atoms with Gasteiger partial charge in [0.1, 0.15) is 0 Å². The van der Waals surface area contributed by atoms with E-state index < -0.39 is 0 Å². The Bertz CT molecular complexity index is 398. The van der Waals surface area contributed by atoms with Gasteiger partial charge in [0.05, 0.1) is 19.2 Å². The summed E-state index contributed by atoms with van der Waals surface area (Å²) in [6.07, 6.45) is 5.14. The van der Waals surface area contributed by atoms with Crippen molar-refractivity contribution in [3.05, 3.63) is 18.5 Å². The van der Waals surface area contributed by atoms with Crippen LogP contribution in [0.4, 0.5) is 5.95 Å². The predicted molar refractivity (Wildman–Crippen MR) is 67.1 cm³/mol. The predicted octanol–water partition coefficient (Wildman–Crippen LogP) is -0.104. The number of aliphatic hydroxyl groups is 1. The van der Waals surface area contributed by atoms with E-state index in [9.17, 15) is 9.90 Å². The highest BCUT2D eigenvalue weighted by Crippen LogP contribution is 2.17. The maximum Gasteiger partial charge on any atom is 0.242 e. The molecule has 1 fully saturated rings. The molecule has 0 aromatic carbocycles. The SMILES string of the molecule is CN(CC(=O)N1CCC[C@H]1CO)c1ncccn1. The fourth-order valence-corrected chi connectivity index (χ4v) is 2.21. The molecule has 1 amide bonds. The Labute approximate surface area is 106 Å². The second-order valence-corrected chi connectivity index (χ2v) is 4.47. The lowest BCUT2D eigenvalue weighted by molar-refractivity contribution is -0.131. The molecule has 6 heteroatoms. The van der Waals surface area contributed by atoms with Crippen molar-refractivity contribution in [2.75, 3.05) is 31.6 Å². The molecule has 18 heavy (non-hydrogen) atoms. The van der Waals surface area contributed by atoms with E-state index in [-0.39, 0.29) is 25.1 Å². The Hall–Kier alpha value is -1.69. The Balaban J connectivity index is 1.95. The number of hydrogen-bond donors (Lipinski definition) is 1. The average molecular weight is 250 g/mol. The number of hydrogen-bond acceptors (Lipinski definition) is 5. The Morgan fingerprint density at radius 1 is 1.56 bits per heavy atom. The molecule has 0 spiro atoms. The van der Waals surface area contributed by atoms with Crippen LogP contribution in [-0.2, 0) is 4.79 Å². The first kappa shape index (κ1) is 12.8. The molecule has 1 aromatic rings. The van der Waals surface area contributed by atoms with Crippen molar-refractivity contribution in [3.63, 3.8) is 0 Å². The zero-order valence-electron chi connectivity index (χ0n) is 10.5. The van der Waals surface area contributed by atoms with Crippen LogP contribution >= 0.6 is 0 Å². The Morgan fingerprint density at radius 3 is 2.94 bits per heavy atom. The molecule has 1 aromatic heterocycles. The number of likely N-dealkylation sites (tertiary alicyclic amines) is 1. The van der Waals surface area contributed by atoms with Crippen molar-refractivity contribution in [1.82, 2.24) is 14.9 Å². The van der Waals surface area contributed by atoms with Crippen molar-refractivity contribution in [2.24, 2.45) is 0 Å². The normalized spacial score (nSPS) is 19.0. The molecule has 0 bridgehead atoms. The smallest absolute Gasteiger partial charge is 0.242 e. The van der Waals surface area contributed by atoms with Crippen LogP contribution < -0.4 is 4.90 Å². The van der Waals surface area contributed by atoms with Crippen molar-refractivity contribution in [3.8, 4) is 0 Å². The number of amides is 1. The molecule has 1 atom stereocenters. The van der Waals surface area contributed by atoms with Crippen LogP contribution in [0.5, 0.6) is 0 Å². The van der Waals surface area contributed by atoms with Crippen LogP contribution in [0.25, 0.3) is 0 Å². The highest BCUT2D eigenvalue weighted by Gasteiger charge is 2.28. The van der Waals surface area contributed by atoms with Crippen LogP contribution in [0.3, 0.4) is 0 Å². The van der Waals surface area contributed by atoms with Gasteiger partial charge < -0.3 is 14.9 Å². The summed E-state index contributed by atoms with van der Waals surface area (Å²) in [5.74, 6) is 0.548. The van der Waals surface area contributed by atoms with Crippen molar-refractivity contribution >= 4 is 11.9 Å². The van der Waals surface area contributed by atoms with Crippen molar-refractivity contribution in [2.45, 2.75) is 18.9 Å². The molecule has 2 rings (SSSR count). The Morgan fingerprint density at radius 2 is 2.28 bits per heavy atom. The number of nitrogens with zero attached hydrogens (tertiary/aromatic N) is 4. The molecule has 0 saturated carbocycles. The summed E-state index contributed by atoms with van der Waals surface area (Å²) >= 11 is 0. The average Bonchev–Trinajstić information content (AvgIpc) is 2.88. The molecule has 0 radical (unpaired) electrons. The summed E-state index contributed by atoms with van der Waals surface area (Å²) in [6, 6.07) is 1.71. The van der Waals surface area contributed by atoms with Crippen molar-refractivity contribution < 1.29 is 9.90 Å². The molecular weight excluding hydrogens is 232 g/mol. The molecule has 1 aliphatic rings. The zero-order valence-corrected chi connectivity index (χ0v) is 10.5. The van der Waals surface area contributed by atoms with Crippen LogP contribution in [-0.4, -0.2) is 58.7 Å². The minimum Gasteiger partial charge on any atom is -0.394 e. The lowest BCUT2D eigenvalue weighted by Gasteiger charge is -2.25. The van der Waals surface area contributed by atoms with E-state index in [4.69, 9.17) is 0 Å². The Kier molecular flexibility index (Phi) is 4.09. The quantitative estimate of drug-likeness (QED) is 0.808. The maximum atomic E-state index is 12.1. The fraction of sp³-hybridized carbons (Fsp3) is 0.583. The molecule has 0 unspecified atom stereocenters. The number of carbonyl (C=O) groups excluding carboxylic acids is 1. The van der Waals surface area contributed by atoms with Gasteiger partial charge in [0.25, 0.3) is 0 Å². The third-order valence-corrected chi connectivity index (χ3v) is 3.17. The van der Waals surface area contributed by atoms with Gasteiger partial charge in [-0.2, -0.15) is 0 Å². The van der Waals surface area contributed by atoms with Gasteiger partial charge in [0.2, 0.25) is 11.9 Å². The lowest BCUT2D eigenvalue weighted by Crippen LogP contribution is -2.43. The number of likely N-dealkylation sites (N-methyl/N-ethyl adjacent to an activating group) is 1. The van der Waals surface area contributed by atoms with Crippen molar-refractivity contribution in [1.29, 1.82) is 0 Å². The molecule has 1 N–H and O–H groups in total. The van der Waals surface area contributed by atoms with E-state index in [1.54, 1.807) is 35.3 Å². The summed E-state index contributed by atoms with van der Waals surface area (Å²) in [6.45, 7) is 1.01. The summed E-state index contributed by atoms with van der Waals surface area (Å²) in [4.78, 5) is 23.8. The largest absolute Gasteiger partial charge is 0.394 e. The first-order chi connectivity index (χ1) is 8.72. The third-order valence-electron chi connectivity index (χ3n) is 3.17. The minimum absolute atomic E-state index is 0.0153. The van der Waals surface area contributed by atoms with E-state index in [0.29, 0.717) is 5.95 Å². The van der Waals surface area contributed by atoms with Gasteiger partial charge in [-0.3, -0.25) is 4.79 Å². The summed E-state index contributed by atoms with van der Waals surface area (Å²) < 4.78 is 0. The van der Waals surface area contributed by atoms with Crippen LogP contribution in [0.1, 0.15) is 12.8 Å². The van der Waals surface area contributed by atoms with Crippen LogP contribution in [0.2, 0.25) is 0 Å². The van der Waals surface area contributed by atoms with E-state index in [0.717, 1.165) is 19.4 Å². The van der Waals surface area contributed by atoms with Gasteiger partial charge in [-0.05, 0) is 18.9 Å². The molecule has 98 valence electrons. The first-order valence-corrected chi connectivity index (χ1v) is 6.11. The number of aliphatic hydroxyl groups excluding tert-OH is 1. The number of anilines is 1. The first-order valence-electron chi connectivity index (χ1n) is 6.11. The lowest BCUT2D eigenvalue weighted by atomic mass is 10.2. The van der Waals surface area contributed by atoms with E-state index in [2.05, 4.69) is 9.97 Å². The highest BCUT2D eigenvalue weighted by molar-refractivity contribution is 5.81. The molecule has 1 aliphatic heterocycles. The highest BCUT2D eigenvalue weighted by atomic mass is 16.3. The van der Waals surface area contributed by atoms with Crippen LogP contribution in [0, 0.1) is 0 Å². The second kappa shape index (κ2) is 5.77. The van der Waals surface area contributed by atoms with E-state index in [1.807, 2.05) is 0 Å². The standard InChI is InChI=1S/C12H18N4O2/c1-15(12-13-5-3-6-14-12)8-11(18)16-7-2-4-10(16)9-17/h3,5-6,10,17H,2,4,7-9H2,1H3/t10-/m0/s1. The molecule has 6 nitrogen and oxygen atoms in total. The summed E-state index contributed by atoms with van der Waals surface area (Å²) in [5, 5.41) is 9.20. The zero-order chi connectivity index (χ0) is 13.0. The molecule has 0 aliphatic carbocycles. The van der Waals surface area contributed by atoms with Crippen LogP contribution in [0.15, 0.2) is 18.5 Å². The minimum atomic E-state index is -0.0254. The van der Waals surface area contributed by atoms with Gasteiger partial charge in [-0.1, -0.05) is 0 Å². The number of aromatic nitrogens is 2. The molecule has 1 saturated heterocycles. The van der Waals surface area contributed by atoms with Gasteiger partial charge in [0, 0.05) is 26.0 Å². The van der Waals surface area contributed by atoms with Gasteiger partial charge in [-0.15, -0.1) is 0 Å². The molecular formula is C12H18N4O2. The van der Waals surface area contributed by atoms with Gasteiger partial charge in [-0.25, -0.2) is 9.97 Å². The summed E-state index contributed by atoms with van der Waals surface area (Å²) in [5.41, 5.74) is 0. The number of rotatable bonds is 4. The molecule has 2 heterocycles. The summed E-state index contributed by atoms with van der Waals surface area (Å²) in [7, 11) is 1.79.